The van der Waals surface area contributed by atoms with E-state index >= 15 is 0 Å². The average Bonchev–Trinajstić information content (AvgIpc) is 2.76. The Hall–Kier alpha value is -1.20. The maximum absolute atomic E-state index is 12.8. The summed E-state index contributed by atoms with van der Waals surface area (Å²) in [6.45, 7) is 2.03. The lowest BCUT2D eigenvalue weighted by Crippen LogP contribution is -2.03. The largest absolute Gasteiger partial charge is 0.223 e. The van der Waals surface area contributed by atoms with Crippen molar-refractivity contribution < 1.29 is 12.8 Å². The maximum atomic E-state index is 12.8. The van der Waals surface area contributed by atoms with Gasteiger partial charge in [-0.25, -0.2) is 12.8 Å². The van der Waals surface area contributed by atoms with Crippen LogP contribution in [0.1, 0.15) is 16.7 Å². The van der Waals surface area contributed by atoms with Gasteiger partial charge in [0, 0.05) is 9.75 Å². The third kappa shape index (κ3) is 2.97. The summed E-state index contributed by atoms with van der Waals surface area (Å²) in [5.74, 6) is -0.457. The Kier molecular flexibility index (Phi) is 3.82. The average molecular weight is 284 g/mol. The Morgan fingerprint density at radius 1 is 1.06 bits per heavy atom. The van der Waals surface area contributed by atoms with Crippen LogP contribution in [0.2, 0.25) is 0 Å². The minimum atomic E-state index is -3.38. The van der Waals surface area contributed by atoms with Gasteiger partial charge in [0.1, 0.15) is 5.82 Å². The molecule has 96 valence electrons. The van der Waals surface area contributed by atoms with Crippen LogP contribution in [0.4, 0.5) is 4.39 Å². The van der Waals surface area contributed by atoms with Crippen LogP contribution in [0.5, 0.6) is 0 Å². The molecule has 1 aromatic carbocycles. The molecule has 0 amide bonds. The molecular formula is C13H13FO2S2. The number of thiophene rings is 1. The second-order valence-corrected chi connectivity index (χ2v) is 7.18. The lowest BCUT2D eigenvalue weighted by atomic mass is 10.3. The SMILES string of the molecule is CCc1ccc(CS(=O)(=O)c2ccc(F)cc2)s1. The molecule has 0 radical (unpaired) electrons. The van der Waals surface area contributed by atoms with E-state index in [4.69, 9.17) is 0 Å². The van der Waals surface area contributed by atoms with E-state index < -0.39 is 15.7 Å². The first-order chi connectivity index (χ1) is 8.51. The van der Waals surface area contributed by atoms with Crippen LogP contribution in [-0.2, 0) is 22.0 Å². The Balaban J connectivity index is 2.24. The quantitative estimate of drug-likeness (QED) is 0.806. The molecule has 2 aromatic rings. The summed E-state index contributed by atoms with van der Waals surface area (Å²) in [5, 5.41) is 0. The van der Waals surface area contributed by atoms with Crippen molar-refractivity contribution in [3.63, 3.8) is 0 Å². The van der Waals surface area contributed by atoms with E-state index in [0.717, 1.165) is 11.3 Å². The molecule has 1 aromatic heterocycles. The zero-order chi connectivity index (χ0) is 13.2. The summed E-state index contributed by atoms with van der Waals surface area (Å²) < 4.78 is 36.9. The summed E-state index contributed by atoms with van der Waals surface area (Å²) in [4.78, 5) is 2.14. The topological polar surface area (TPSA) is 34.1 Å². The highest BCUT2D eigenvalue weighted by Gasteiger charge is 2.16. The van der Waals surface area contributed by atoms with E-state index in [2.05, 4.69) is 0 Å². The first kappa shape index (κ1) is 13.2. The van der Waals surface area contributed by atoms with Crippen LogP contribution < -0.4 is 0 Å². The fourth-order valence-electron chi connectivity index (χ4n) is 1.60. The van der Waals surface area contributed by atoms with Gasteiger partial charge < -0.3 is 0 Å². The summed E-state index contributed by atoms with van der Waals surface area (Å²) in [7, 11) is -3.38. The summed E-state index contributed by atoms with van der Waals surface area (Å²) >= 11 is 1.50. The van der Waals surface area contributed by atoms with Crippen LogP contribution in [0.25, 0.3) is 0 Å². The molecule has 1 heterocycles. The Bertz CT molecular complexity index is 627. The molecule has 0 unspecified atom stereocenters. The Morgan fingerprint density at radius 2 is 1.67 bits per heavy atom. The van der Waals surface area contributed by atoms with Crippen LogP contribution in [-0.4, -0.2) is 8.42 Å². The summed E-state index contributed by atoms with van der Waals surface area (Å²) in [6, 6.07) is 8.72. The molecule has 2 nitrogen and oxygen atoms in total. The van der Waals surface area contributed by atoms with Crippen molar-refractivity contribution in [3.8, 4) is 0 Å². The smallest absolute Gasteiger partial charge is 0.183 e. The lowest BCUT2D eigenvalue weighted by Gasteiger charge is -2.02. The van der Waals surface area contributed by atoms with Crippen molar-refractivity contribution in [3.05, 3.63) is 52.0 Å². The van der Waals surface area contributed by atoms with Crippen molar-refractivity contribution in [1.29, 1.82) is 0 Å². The van der Waals surface area contributed by atoms with Crippen LogP contribution in [0.3, 0.4) is 0 Å². The van der Waals surface area contributed by atoms with E-state index in [9.17, 15) is 12.8 Å². The maximum Gasteiger partial charge on any atom is 0.183 e. The molecule has 0 aliphatic carbocycles. The molecule has 0 aliphatic heterocycles. The lowest BCUT2D eigenvalue weighted by molar-refractivity contribution is 0.594. The predicted octanol–water partition coefficient (Wildman–Crippen LogP) is 3.42. The van der Waals surface area contributed by atoms with Gasteiger partial charge in [-0.1, -0.05) is 6.92 Å². The fourth-order valence-corrected chi connectivity index (χ4v) is 4.25. The van der Waals surface area contributed by atoms with Crippen LogP contribution in [0, 0.1) is 5.82 Å². The van der Waals surface area contributed by atoms with Gasteiger partial charge in [0.05, 0.1) is 10.6 Å². The first-order valence-corrected chi connectivity index (χ1v) is 8.04. The second kappa shape index (κ2) is 5.20. The zero-order valence-corrected chi connectivity index (χ0v) is 11.5. The number of sulfone groups is 1. The van der Waals surface area contributed by atoms with Gasteiger partial charge in [-0.05, 0) is 42.8 Å². The first-order valence-electron chi connectivity index (χ1n) is 5.57. The molecule has 0 saturated heterocycles. The van der Waals surface area contributed by atoms with Crippen molar-refractivity contribution in [1.82, 2.24) is 0 Å². The van der Waals surface area contributed by atoms with Gasteiger partial charge in [-0.3, -0.25) is 0 Å². The Labute approximate surface area is 110 Å². The van der Waals surface area contributed by atoms with Gasteiger partial charge in [0.15, 0.2) is 9.84 Å². The highest BCUT2D eigenvalue weighted by molar-refractivity contribution is 7.90. The molecule has 0 bridgehead atoms. The second-order valence-electron chi connectivity index (χ2n) is 3.93. The standard InChI is InChI=1S/C13H13FO2S2/c1-2-11-5-6-12(17-11)9-18(15,16)13-7-3-10(14)4-8-13/h3-8H,2,9H2,1H3. The van der Waals surface area contributed by atoms with E-state index in [0.29, 0.717) is 0 Å². The van der Waals surface area contributed by atoms with Crippen molar-refractivity contribution >= 4 is 21.2 Å². The zero-order valence-electron chi connectivity index (χ0n) is 9.89. The molecule has 0 atom stereocenters. The number of rotatable bonds is 4. The third-order valence-corrected chi connectivity index (χ3v) is 5.66. The minimum Gasteiger partial charge on any atom is -0.223 e. The molecule has 5 heteroatoms. The fraction of sp³-hybridized carbons (Fsp3) is 0.231. The number of hydrogen-bond acceptors (Lipinski definition) is 3. The third-order valence-electron chi connectivity index (χ3n) is 2.57. The number of hydrogen-bond donors (Lipinski definition) is 0. The summed E-state index contributed by atoms with van der Waals surface area (Å²) in [6.07, 6.45) is 0.904. The molecule has 0 fully saturated rings. The number of halogens is 1. The van der Waals surface area contributed by atoms with Crippen molar-refractivity contribution in [2.75, 3.05) is 0 Å². The highest BCUT2D eigenvalue weighted by atomic mass is 32.2. The molecule has 0 N–H and O–H groups in total. The van der Waals surface area contributed by atoms with E-state index in [-0.39, 0.29) is 10.6 Å². The number of aryl methyl sites for hydroxylation is 1. The predicted molar refractivity (Wildman–Crippen MR) is 71.0 cm³/mol. The highest BCUT2D eigenvalue weighted by Crippen LogP contribution is 2.23. The molecule has 2 rings (SSSR count). The molecule has 0 aliphatic rings. The van der Waals surface area contributed by atoms with E-state index in [1.807, 2.05) is 19.1 Å². The molecule has 0 saturated carbocycles. The number of benzene rings is 1. The minimum absolute atomic E-state index is 0.0245. The van der Waals surface area contributed by atoms with Crippen molar-refractivity contribution in [2.45, 2.75) is 24.0 Å². The molecule has 0 spiro atoms. The monoisotopic (exact) mass is 284 g/mol. The summed E-state index contributed by atoms with van der Waals surface area (Å²) in [5.41, 5.74) is 0. The Morgan fingerprint density at radius 3 is 2.22 bits per heavy atom. The van der Waals surface area contributed by atoms with E-state index in [1.54, 1.807) is 0 Å². The van der Waals surface area contributed by atoms with Gasteiger partial charge in [0.2, 0.25) is 0 Å². The normalized spacial score (nSPS) is 11.7. The molecular weight excluding hydrogens is 271 g/mol. The van der Waals surface area contributed by atoms with Gasteiger partial charge in [-0.15, -0.1) is 11.3 Å². The molecule has 18 heavy (non-hydrogen) atoms. The van der Waals surface area contributed by atoms with Gasteiger partial charge in [-0.2, -0.15) is 0 Å². The van der Waals surface area contributed by atoms with Crippen LogP contribution in [0.15, 0.2) is 41.3 Å². The van der Waals surface area contributed by atoms with Crippen LogP contribution >= 0.6 is 11.3 Å². The van der Waals surface area contributed by atoms with E-state index in [1.165, 1.54) is 40.5 Å². The van der Waals surface area contributed by atoms with Gasteiger partial charge in [0.25, 0.3) is 0 Å². The van der Waals surface area contributed by atoms with Crippen molar-refractivity contribution in [2.24, 2.45) is 0 Å². The van der Waals surface area contributed by atoms with Gasteiger partial charge >= 0.3 is 0 Å².